The van der Waals surface area contributed by atoms with Crippen LogP contribution in [0.2, 0.25) is 5.02 Å². The Labute approximate surface area is 107 Å². The SMILES string of the molecule is Cn1cc(Cl)c2cccc(C3CCNCC3)c21. The Morgan fingerprint density at radius 3 is 2.82 bits per heavy atom. The van der Waals surface area contributed by atoms with Gasteiger partial charge in [0.1, 0.15) is 0 Å². The number of nitrogens with zero attached hydrogens (tertiary/aromatic N) is 1. The van der Waals surface area contributed by atoms with Crippen LogP contribution < -0.4 is 5.32 Å². The van der Waals surface area contributed by atoms with E-state index in [1.807, 2.05) is 6.20 Å². The van der Waals surface area contributed by atoms with E-state index in [1.54, 1.807) is 0 Å². The molecule has 0 radical (unpaired) electrons. The first-order chi connectivity index (χ1) is 8.27. The Balaban J connectivity index is 2.15. The highest BCUT2D eigenvalue weighted by Gasteiger charge is 2.19. The first kappa shape index (κ1) is 11.1. The average Bonchev–Trinajstić information content (AvgIpc) is 2.66. The number of piperidine rings is 1. The van der Waals surface area contributed by atoms with E-state index in [1.165, 1.54) is 29.3 Å². The smallest absolute Gasteiger partial charge is 0.0661 e. The fraction of sp³-hybridized carbons (Fsp3) is 0.429. The van der Waals surface area contributed by atoms with Crippen molar-refractivity contribution in [1.29, 1.82) is 0 Å². The normalized spacial score (nSPS) is 17.8. The number of hydrogen-bond acceptors (Lipinski definition) is 1. The molecular weight excluding hydrogens is 232 g/mol. The predicted octanol–water partition coefficient (Wildman–Crippen LogP) is 3.30. The first-order valence-electron chi connectivity index (χ1n) is 6.21. The summed E-state index contributed by atoms with van der Waals surface area (Å²) in [6.07, 6.45) is 4.46. The fourth-order valence-electron chi connectivity index (χ4n) is 2.91. The third-order valence-corrected chi connectivity index (χ3v) is 4.06. The maximum atomic E-state index is 6.26. The van der Waals surface area contributed by atoms with Crippen LogP contribution in [0.25, 0.3) is 10.9 Å². The average molecular weight is 249 g/mol. The summed E-state index contributed by atoms with van der Waals surface area (Å²) in [7, 11) is 2.08. The lowest BCUT2D eigenvalue weighted by atomic mass is 9.89. The predicted molar refractivity (Wildman–Crippen MR) is 72.8 cm³/mol. The summed E-state index contributed by atoms with van der Waals surface area (Å²) in [6, 6.07) is 6.50. The summed E-state index contributed by atoms with van der Waals surface area (Å²) in [4.78, 5) is 0. The van der Waals surface area contributed by atoms with Crippen LogP contribution in [-0.4, -0.2) is 17.7 Å². The van der Waals surface area contributed by atoms with Crippen LogP contribution >= 0.6 is 11.6 Å². The molecule has 0 saturated carbocycles. The van der Waals surface area contributed by atoms with E-state index >= 15 is 0 Å². The molecule has 1 saturated heterocycles. The molecule has 1 aromatic carbocycles. The first-order valence-corrected chi connectivity index (χ1v) is 6.59. The largest absolute Gasteiger partial charge is 0.349 e. The van der Waals surface area contributed by atoms with Crippen molar-refractivity contribution < 1.29 is 0 Å². The Morgan fingerprint density at radius 2 is 2.06 bits per heavy atom. The topological polar surface area (TPSA) is 17.0 Å². The monoisotopic (exact) mass is 248 g/mol. The third-order valence-electron chi connectivity index (χ3n) is 3.76. The van der Waals surface area contributed by atoms with Crippen molar-refractivity contribution in [2.45, 2.75) is 18.8 Å². The van der Waals surface area contributed by atoms with Crippen molar-refractivity contribution in [1.82, 2.24) is 9.88 Å². The molecule has 0 atom stereocenters. The van der Waals surface area contributed by atoms with E-state index in [-0.39, 0.29) is 0 Å². The molecule has 1 aliphatic heterocycles. The van der Waals surface area contributed by atoms with E-state index in [2.05, 4.69) is 35.1 Å². The number of nitrogens with one attached hydrogen (secondary N) is 1. The van der Waals surface area contributed by atoms with Crippen molar-refractivity contribution >= 4 is 22.5 Å². The van der Waals surface area contributed by atoms with Crippen molar-refractivity contribution in [2.75, 3.05) is 13.1 Å². The Kier molecular flexibility index (Phi) is 2.85. The van der Waals surface area contributed by atoms with Crippen LogP contribution in [0.4, 0.5) is 0 Å². The van der Waals surface area contributed by atoms with Gasteiger partial charge in [0.2, 0.25) is 0 Å². The Bertz CT molecular complexity index is 538. The summed E-state index contributed by atoms with van der Waals surface area (Å²) in [5.41, 5.74) is 2.77. The summed E-state index contributed by atoms with van der Waals surface area (Å²) in [5, 5.41) is 5.46. The van der Waals surface area contributed by atoms with E-state index in [4.69, 9.17) is 11.6 Å². The molecule has 2 nitrogen and oxygen atoms in total. The van der Waals surface area contributed by atoms with Gasteiger partial charge in [-0.3, -0.25) is 0 Å². The van der Waals surface area contributed by atoms with Gasteiger partial charge in [-0.15, -0.1) is 0 Å². The molecule has 1 aliphatic rings. The van der Waals surface area contributed by atoms with Gasteiger partial charge in [0.15, 0.2) is 0 Å². The molecule has 17 heavy (non-hydrogen) atoms. The van der Waals surface area contributed by atoms with E-state index in [9.17, 15) is 0 Å². The van der Waals surface area contributed by atoms with E-state index in [0.29, 0.717) is 5.92 Å². The van der Waals surface area contributed by atoms with E-state index in [0.717, 1.165) is 18.1 Å². The number of para-hydroxylation sites is 1. The molecular formula is C14H17ClN2. The van der Waals surface area contributed by atoms with Crippen molar-refractivity contribution in [3.05, 3.63) is 35.0 Å². The maximum absolute atomic E-state index is 6.26. The van der Waals surface area contributed by atoms with Gasteiger partial charge in [-0.2, -0.15) is 0 Å². The molecule has 2 aromatic rings. The number of rotatable bonds is 1. The van der Waals surface area contributed by atoms with Gasteiger partial charge in [0, 0.05) is 18.6 Å². The van der Waals surface area contributed by atoms with Gasteiger partial charge in [-0.25, -0.2) is 0 Å². The van der Waals surface area contributed by atoms with Crippen molar-refractivity contribution in [3.63, 3.8) is 0 Å². The lowest BCUT2D eigenvalue weighted by Gasteiger charge is -2.24. The molecule has 0 bridgehead atoms. The molecule has 1 fully saturated rings. The lowest BCUT2D eigenvalue weighted by molar-refractivity contribution is 0.461. The van der Waals surface area contributed by atoms with Crippen LogP contribution in [0.3, 0.4) is 0 Å². The highest BCUT2D eigenvalue weighted by molar-refractivity contribution is 6.35. The molecule has 3 rings (SSSR count). The summed E-state index contributed by atoms with van der Waals surface area (Å²) < 4.78 is 2.16. The number of benzene rings is 1. The van der Waals surface area contributed by atoms with Crippen LogP contribution in [0, 0.1) is 0 Å². The minimum absolute atomic E-state index is 0.671. The maximum Gasteiger partial charge on any atom is 0.0661 e. The minimum Gasteiger partial charge on any atom is -0.349 e. The van der Waals surface area contributed by atoms with Gasteiger partial charge in [-0.05, 0) is 37.4 Å². The Morgan fingerprint density at radius 1 is 1.29 bits per heavy atom. The van der Waals surface area contributed by atoms with Gasteiger partial charge < -0.3 is 9.88 Å². The minimum atomic E-state index is 0.671. The molecule has 1 aromatic heterocycles. The van der Waals surface area contributed by atoms with Gasteiger partial charge in [0.05, 0.1) is 10.5 Å². The van der Waals surface area contributed by atoms with Crippen LogP contribution in [0.15, 0.2) is 24.4 Å². The number of halogens is 1. The van der Waals surface area contributed by atoms with Crippen LogP contribution in [-0.2, 0) is 7.05 Å². The lowest BCUT2D eigenvalue weighted by Crippen LogP contribution is -2.26. The van der Waals surface area contributed by atoms with Crippen LogP contribution in [0.1, 0.15) is 24.3 Å². The molecule has 3 heteroatoms. The van der Waals surface area contributed by atoms with E-state index < -0.39 is 0 Å². The number of aromatic nitrogens is 1. The molecule has 90 valence electrons. The standard InChI is InChI=1S/C14H17ClN2/c1-17-9-13(15)12-4-2-3-11(14(12)17)10-5-7-16-8-6-10/h2-4,9-10,16H,5-8H2,1H3. The second kappa shape index (κ2) is 4.35. The quantitative estimate of drug-likeness (QED) is 0.820. The highest BCUT2D eigenvalue weighted by Crippen LogP contribution is 2.34. The molecule has 1 N–H and O–H groups in total. The van der Waals surface area contributed by atoms with Crippen LogP contribution in [0.5, 0.6) is 0 Å². The fourth-order valence-corrected chi connectivity index (χ4v) is 3.21. The number of hydrogen-bond donors (Lipinski definition) is 1. The molecule has 2 heterocycles. The zero-order chi connectivity index (χ0) is 11.8. The molecule has 0 spiro atoms. The van der Waals surface area contributed by atoms with Gasteiger partial charge in [-0.1, -0.05) is 29.8 Å². The highest BCUT2D eigenvalue weighted by atomic mass is 35.5. The summed E-state index contributed by atoms with van der Waals surface area (Å²) >= 11 is 6.26. The molecule has 0 aliphatic carbocycles. The summed E-state index contributed by atoms with van der Waals surface area (Å²) in [5.74, 6) is 0.671. The zero-order valence-corrected chi connectivity index (χ0v) is 10.8. The molecule has 0 amide bonds. The van der Waals surface area contributed by atoms with Crippen molar-refractivity contribution in [3.8, 4) is 0 Å². The summed E-state index contributed by atoms with van der Waals surface area (Å²) in [6.45, 7) is 2.25. The van der Waals surface area contributed by atoms with Crippen molar-refractivity contribution in [2.24, 2.45) is 7.05 Å². The second-order valence-corrected chi connectivity index (χ2v) is 5.26. The Hall–Kier alpha value is -0.990. The van der Waals surface area contributed by atoms with Gasteiger partial charge in [0.25, 0.3) is 0 Å². The second-order valence-electron chi connectivity index (χ2n) is 4.86. The number of fused-ring (bicyclic) bond motifs is 1. The van der Waals surface area contributed by atoms with Gasteiger partial charge >= 0.3 is 0 Å². The molecule has 0 unspecified atom stereocenters. The third kappa shape index (κ3) is 1.85. The number of aryl methyl sites for hydroxylation is 1. The zero-order valence-electron chi connectivity index (χ0n) is 10.0.